The van der Waals surface area contributed by atoms with Gasteiger partial charge in [0.1, 0.15) is 0 Å². The Hall–Kier alpha value is -0.660. The third-order valence-electron chi connectivity index (χ3n) is 2.57. The smallest absolute Gasteiger partial charge is 0.240 e. The normalized spacial score (nSPS) is 13.5. The van der Waals surface area contributed by atoms with Gasteiger partial charge in [-0.1, -0.05) is 18.5 Å². The zero-order chi connectivity index (χ0) is 14.5. The van der Waals surface area contributed by atoms with Crippen LogP contribution in [0.2, 0.25) is 5.02 Å². The monoisotopic (exact) mass is 307 g/mol. The Bertz CT molecular complexity index is 518. The molecule has 0 bridgehead atoms. The molecule has 1 unspecified atom stereocenters. The maximum absolute atomic E-state index is 12.0. The van der Waals surface area contributed by atoms with Gasteiger partial charge < -0.3 is 9.84 Å². The van der Waals surface area contributed by atoms with E-state index in [-0.39, 0.29) is 24.0 Å². The predicted molar refractivity (Wildman–Crippen MR) is 73.6 cm³/mol. The highest BCUT2D eigenvalue weighted by atomic mass is 35.5. The van der Waals surface area contributed by atoms with Crippen LogP contribution in [0.1, 0.15) is 12.5 Å². The lowest BCUT2D eigenvalue weighted by atomic mass is 10.2. The van der Waals surface area contributed by atoms with E-state index in [2.05, 4.69) is 4.72 Å². The van der Waals surface area contributed by atoms with Crippen molar-refractivity contribution in [1.82, 2.24) is 4.72 Å². The van der Waals surface area contributed by atoms with Crippen molar-refractivity contribution in [3.05, 3.63) is 28.8 Å². The minimum absolute atomic E-state index is 0.0735. The standard InChI is InChI=1S/C12H18ClNO4S/c1-9(8-18-2)6-14-19(16,17)11-3-4-12(13)10(5-11)7-15/h3-5,9,14-15H,6-8H2,1-2H3. The Balaban J connectivity index is 2.83. The van der Waals surface area contributed by atoms with E-state index in [0.717, 1.165) is 0 Å². The Morgan fingerprint density at radius 1 is 1.47 bits per heavy atom. The fourth-order valence-electron chi connectivity index (χ4n) is 1.52. The van der Waals surface area contributed by atoms with Gasteiger partial charge in [-0.2, -0.15) is 0 Å². The number of sulfonamides is 1. The molecule has 1 aromatic carbocycles. The third kappa shape index (κ3) is 4.74. The molecule has 0 aliphatic carbocycles. The number of halogens is 1. The summed E-state index contributed by atoms with van der Waals surface area (Å²) in [5.74, 6) is 0.0735. The van der Waals surface area contributed by atoms with Gasteiger partial charge in [0, 0.05) is 25.3 Å². The number of hydrogen-bond acceptors (Lipinski definition) is 4. The SMILES string of the molecule is COCC(C)CNS(=O)(=O)c1ccc(Cl)c(CO)c1. The number of benzene rings is 1. The maximum atomic E-state index is 12.0. The van der Waals surface area contributed by atoms with Crippen LogP contribution in [0.4, 0.5) is 0 Å². The summed E-state index contributed by atoms with van der Waals surface area (Å²) >= 11 is 5.82. The molecule has 1 aromatic rings. The molecule has 0 heterocycles. The number of aliphatic hydroxyl groups is 1. The second kappa shape index (κ2) is 7.21. The first kappa shape index (κ1) is 16.4. The van der Waals surface area contributed by atoms with Crippen molar-refractivity contribution in [3.8, 4) is 0 Å². The molecule has 0 spiro atoms. The van der Waals surface area contributed by atoms with E-state index in [0.29, 0.717) is 17.2 Å². The van der Waals surface area contributed by atoms with Crippen molar-refractivity contribution in [2.24, 2.45) is 5.92 Å². The average molecular weight is 308 g/mol. The lowest BCUT2D eigenvalue weighted by Crippen LogP contribution is -2.30. The molecule has 0 aliphatic rings. The minimum atomic E-state index is -3.60. The molecule has 2 N–H and O–H groups in total. The summed E-state index contributed by atoms with van der Waals surface area (Å²) < 4.78 is 31.5. The van der Waals surface area contributed by atoms with Gasteiger partial charge in [0.15, 0.2) is 0 Å². The van der Waals surface area contributed by atoms with Crippen LogP contribution < -0.4 is 4.72 Å². The zero-order valence-corrected chi connectivity index (χ0v) is 12.5. The number of nitrogens with one attached hydrogen (secondary N) is 1. The molecule has 19 heavy (non-hydrogen) atoms. The number of ether oxygens (including phenoxy) is 1. The van der Waals surface area contributed by atoms with Crippen LogP contribution >= 0.6 is 11.6 Å². The van der Waals surface area contributed by atoms with Crippen molar-refractivity contribution in [2.45, 2.75) is 18.4 Å². The number of rotatable bonds is 7. The molecular formula is C12H18ClNO4S. The van der Waals surface area contributed by atoms with Crippen LogP contribution in [0.5, 0.6) is 0 Å². The maximum Gasteiger partial charge on any atom is 0.240 e. The first-order chi connectivity index (χ1) is 8.90. The van der Waals surface area contributed by atoms with Gasteiger partial charge in [-0.3, -0.25) is 0 Å². The van der Waals surface area contributed by atoms with Crippen LogP contribution in [0.15, 0.2) is 23.1 Å². The van der Waals surface area contributed by atoms with Gasteiger partial charge in [-0.05, 0) is 29.7 Å². The largest absolute Gasteiger partial charge is 0.392 e. The van der Waals surface area contributed by atoms with Crippen LogP contribution in [0.25, 0.3) is 0 Å². The Kier molecular flexibility index (Phi) is 6.22. The second-order valence-electron chi connectivity index (χ2n) is 4.32. The third-order valence-corrected chi connectivity index (χ3v) is 4.36. The highest BCUT2D eigenvalue weighted by Gasteiger charge is 2.16. The molecule has 0 aromatic heterocycles. The lowest BCUT2D eigenvalue weighted by molar-refractivity contribution is 0.161. The van der Waals surface area contributed by atoms with Crippen LogP contribution in [0.3, 0.4) is 0 Å². The van der Waals surface area contributed by atoms with E-state index in [9.17, 15) is 8.42 Å². The number of hydrogen-bond donors (Lipinski definition) is 2. The predicted octanol–water partition coefficient (Wildman–Crippen LogP) is 1.39. The van der Waals surface area contributed by atoms with Crippen molar-refractivity contribution >= 4 is 21.6 Å². The summed E-state index contributed by atoms with van der Waals surface area (Å²) in [5, 5.41) is 9.42. The van der Waals surface area contributed by atoms with E-state index in [1.165, 1.54) is 18.2 Å². The van der Waals surface area contributed by atoms with Crippen molar-refractivity contribution in [2.75, 3.05) is 20.3 Å². The molecule has 0 amide bonds. The Morgan fingerprint density at radius 3 is 2.74 bits per heavy atom. The topological polar surface area (TPSA) is 75.6 Å². The summed E-state index contributed by atoms with van der Waals surface area (Å²) in [7, 11) is -2.03. The summed E-state index contributed by atoms with van der Waals surface area (Å²) in [6, 6.07) is 4.23. The molecule has 5 nitrogen and oxygen atoms in total. The zero-order valence-electron chi connectivity index (χ0n) is 10.9. The van der Waals surface area contributed by atoms with Crippen molar-refractivity contribution in [3.63, 3.8) is 0 Å². The average Bonchev–Trinajstić information content (AvgIpc) is 2.37. The Morgan fingerprint density at radius 2 is 2.16 bits per heavy atom. The summed E-state index contributed by atoms with van der Waals surface area (Å²) in [4.78, 5) is 0.0885. The highest BCUT2D eigenvalue weighted by molar-refractivity contribution is 7.89. The van der Waals surface area contributed by atoms with Crippen LogP contribution in [-0.4, -0.2) is 33.8 Å². The molecule has 0 aliphatic heterocycles. The Labute approximate surface area is 118 Å². The van der Waals surface area contributed by atoms with Gasteiger partial charge in [0.05, 0.1) is 11.5 Å². The van der Waals surface area contributed by atoms with E-state index in [1.807, 2.05) is 6.92 Å². The summed E-state index contributed by atoms with van der Waals surface area (Å²) in [6.45, 7) is 2.34. The number of methoxy groups -OCH3 is 1. The van der Waals surface area contributed by atoms with Crippen molar-refractivity contribution in [1.29, 1.82) is 0 Å². The van der Waals surface area contributed by atoms with Gasteiger partial charge in [0.25, 0.3) is 0 Å². The van der Waals surface area contributed by atoms with E-state index >= 15 is 0 Å². The molecule has 0 radical (unpaired) electrons. The van der Waals surface area contributed by atoms with Gasteiger partial charge >= 0.3 is 0 Å². The molecular weight excluding hydrogens is 290 g/mol. The molecule has 108 valence electrons. The van der Waals surface area contributed by atoms with Gasteiger partial charge in [-0.25, -0.2) is 13.1 Å². The lowest BCUT2D eigenvalue weighted by Gasteiger charge is -2.12. The van der Waals surface area contributed by atoms with E-state index in [1.54, 1.807) is 7.11 Å². The first-order valence-corrected chi connectivity index (χ1v) is 7.64. The molecule has 0 fully saturated rings. The molecule has 0 saturated heterocycles. The minimum Gasteiger partial charge on any atom is -0.392 e. The van der Waals surface area contributed by atoms with E-state index < -0.39 is 10.0 Å². The summed E-state index contributed by atoms with van der Waals surface area (Å²) in [6.07, 6.45) is 0. The fourth-order valence-corrected chi connectivity index (χ4v) is 2.91. The molecule has 7 heteroatoms. The van der Waals surface area contributed by atoms with Gasteiger partial charge in [0.2, 0.25) is 10.0 Å². The molecule has 0 saturated carbocycles. The van der Waals surface area contributed by atoms with Crippen LogP contribution in [-0.2, 0) is 21.4 Å². The highest BCUT2D eigenvalue weighted by Crippen LogP contribution is 2.20. The van der Waals surface area contributed by atoms with Crippen LogP contribution in [0, 0.1) is 5.92 Å². The summed E-state index contributed by atoms with van der Waals surface area (Å²) in [5.41, 5.74) is 0.384. The van der Waals surface area contributed by atoms with E-state index in [4.69, 9.17) is 21.4 Å². The molecule has 1 atom stereocenters. The second-order valence-corrected chi connectivity index (χ2v) is 6.50. The fraction of sp³-hybridized carbons (Fsp3) is 0.500. The van der Waals surface area contributed by atoms with Gasteiger partial charge in [-0.15, -0.1) is 0 Å². The molecule has 1 rings (SSSR count). The van der Waals surface area contributed by atoms with Crippen molar-refractivity contribution < 1.29 is 18.3 Å². The first-order valence-electron chi connectivity index (χ1n) is 5.78. The quantitative estimate of drug-likeness (QED) is 0.798. The number of aliphatic hydroxyl groups excluding tert-OH is 1.